The van der Waals surface area contributed by atoms with Gasteiger partial charge in [-0.25, -0.2) is 9.18 Å². The molecule has 0 spiro atoms. The summed E-state index contributed by atoms with van der Waals surface area (Å²) in [7, 11) is 0. The Bertz CT molecular complexity index is 392. The fraction of sp³-hybridized carbons (Fsp3) is 0.364. The second kappa shape index (κ2) is 3.72. The Kier molecular flexibility index (Phi) is 2.82. The average Bonchev–Trinajstić information content (AvgIpc) is 2.09. The smallest absolute Gasteiger partial charge is 0.211 e. The molecule has 0 aliphatic heterocycles. The van der Waals surface area contributed by atoms with Gasteiger partial charge in [-0.2, -0.15) is 4.99 Å². The molecule has 14 heavy (non-hydrogen) atoms. The van der Waals surface area contributed by atoms with Crippen LogP contribution < -0.4 is 0 Å². The molecular weight excluding hydrogens is 181 g/mol. The summed E-state index contributed by atoms with van der Waals surface area (Å²) in [4.78, 5) is 13.9. The molecule has 2 nitrogen and oxygen atoms in total. The van der Waals surface area contributed by atoms with Crippen LogP contribution in [-0.4, -0.2) is 6.08 Å². The van der Waals surface area contributed by atoms with E-state index in [1.807, 2.05) is 6.92 Å². The third-order valence-electron chi connectivity index (χ3n) is 2.18. The highest BCUT2D eigenvalue weighted by atomic mass is 19.1. The van der Waals surface area contributed by atoms with Crippen LogP contribution in [-0.2, 0) is 10.3 Å². The number of hydrogen-bond acceptors (Lipinski definition) is 2. The first-order valence-electron chi connectivity index (χ1n) is 4.33. The third-order valence-corrected chi connectivity index (χ3v) is 2.18. The molecule has 0 saturated carbocycles. The van der Waals surface area contributed by atoms with Gasteiger partial charge in [-0.3, -0.25) is 0 Å². The van der Waals surface area contributed by atoms with Crippen molar-refractivity contribution in [2.75, 3.05) is 0 Å². The lowest BCUT2D eigenvalue weighted by atomic mass is 9.91. The molecule has 3 heteroatoms. The van der Waals surface area contributed by atoms with Crippen molar-refractivity contribution in [2.45, 2.75) is 26.3 Å². The normalized spacial score (nSPS) is 10.9. The van der Waals surface area contributed by atoms with Crippen molar-refractivity contribution < 1.29 is 9.18 Å². The Labute approximate surface area is 82.5 Å². The van der Waals surface area contributed by atoms with E-state index < -0.39 is 5.54 Å². The maximum atomic E-state index is 13.0. The molecule has 0 heterocycles. The van der Waals surface area contributed by atoms with Crippen LogP contribution >= 0.6 is 0 Å². The summed E-state index contributed by atoms with van der Waals surface area (Å²) < 4.78 is 13.0. The summed E-state index contributed by atoms with van der Waals surface area (Å²) in [5.41, 5.74) is 0.907. The van der Waals surface area contributed by atoms with Gasteiger partial charge in [0.2, 0.25) is 6.08 Å². The van der Waals surface area contributed by atoms with E-state index in [1.54, 1.807) is 19.9 Å². The zero-order valence-corrected chi connectivity index (χ0v) is 8.47. The lowest BCUT2D eigenvalue weighted by molar-refractivity contribution is 0.516. The van der Waals surface area contributed by atoms with E-state index in [4.69, 9.17) is 0 Å². The summed E-state index contributed by atoms with van der Waals surface area (Å²) in [5.74, 6) is -0.320. The van der Waals surface area contributed by atoms with Crippen LogP contribution in [0.3, 0.4) is 0 Å². The lowest BCUT2D eigenvalue weighted by Crippen LogP contribution is -2.15. The summed E-state index contributed by atoms with van der Waals surface area (Å²) in [5, 5.41) is 0. The zero-order chi connectivity index (χ0) is 10.8. The van der Waals surface area contributed by atoms with Gasteiger partial charge in [0, 0.05) is 0 Å². The molecule has 1 rings (SSSR count). The molecular formula is C11H12FNO. The SMILES string of the molecule is Cc1ccc(F)cc1C(C)(C)N=C=O. The zero-order valence-electron chi connectivity index (χ0n) is 8.47. The van der Waals surface area contributed by atoms with Crippen LogP contribution in [0.2, 0.25) is 0 Å². The van der Waals surface area contributed by atoms with Crippen molar-refractivity contribution >= 4 is 6.08 Å². The fourth-order valence-corrected chi connectivity index (χ4v) is 1.43. The van der Waals surface area contributed by atoms with E-state index in [0.717, 1.165) is 5.56 Å². The minimum absolute atomic E-state index is 0.320. The summed E-state index contributed by atoms with van der Waals surface area (Å²) >= 11 is 0. The molecule has 0 N–H and O–H groups in total. The Hall–Kier alpha value is -1.47. The molecule has 0 fully saturated rings. The molecule has 1 aromatic rings. The van der Waals surface area contributed by atoms with Crippen LogP contribution in [0.15, 0.2) is 23.2 Å². The number of aryl methyl sites for hydroxylation is 1. The van der Waals surface area contributed by atoms with Crippen LogP contribution in [0, 0.1) is 12.7 Å². The number of aliphatic imine (C=N–C) groups is 1. The van der Waals surface area contributed by atoms with Crippen molar-refractivity contribution in [3.63, 3.8) is 0 Å². The monoisotopic (exact) mass is 193 g/mol. The van der Waals surface area contributed by atoms with Gasteiger partial charge in [0.25, 0.3) is 0 Å². The van der Waals surface area contributed by atoms with E-state index in [-0.39, 0.29) is 5.82 Å². The lowest BCUT2D eigenvalue weighted by Gasteiger charge is -2.20. The Balaban J connectivity index is 3.30. The van der Waals surface area contributed by atoms with E-state index in [9.17, 15) is 9.18 Å². The Morgan fingerprint density at radius 3 is 2.64 bits per heavy atom. The molecule has 0 aliphatic carbocycles. The molecule has 1 aromatic carbocycles. The topological polar surface area (TPSA) is 29.4 Å². The van der Waals surface area contributed by atoms with Gasteiger partial charge in [-0.05, 0) is 44.0 Å². The Morgan fingerprint density at radius 1 is 1.43 bits per heavy atom. The Morgan fingerprint density at radius 2 is 2.07 bits per heavy atom. The van der Waals surface area contributed by atoms with Gasteiger partial charge in [0.05, 0.1) is 5.54 Å². The molecule has 0 saturated heterocycles. The van der Waals surface area contributed by atoms with Crippen molar-refractivity contribution in [3.8, 4) is 0 Å². The predicted molar refractivity (Wildman–Crippen MR) is 52.3 cm³/mol. The second-order valence-electron chi connectivity index (χ2n) is 3.72. The molecule has 0 unspecified atom stereocenters. The number of benzene rings is 1. The largest absolute Gasteiger partial charge is 0.235 e. The van der Waals surface area contributed by atoms with Gasteiger partial charge >= 0.3 is 0 Å². The van der Waals surface area contributed by atoms with Gasteiger partial charge in [0.15, 0.2) is 0 Å². The predicted octanol–water partition coefficient (Wildman–Crippen LogP) is 2.71. The number of halogens is 1. The molecule has 0 atom stereocenters. The minimum Gasteiger partial charge on any atom is -0.211 e. The third kappa shape index (κ3) is 2.06. The van der Waals surface area contributed by atoms with Crippen LogP contribution in [0.25, 0.3) is 0 Å². The first-order chi connectivity index (χ1) is 6.47. The van der Waals surface area contributed by atoms with E-state index in [0.29, 0.717) is 5.56 Å². The van der Waals surface area contributed by atoms with Gasteiger partial charge in [0.1, 0.15) is 5.82 Å². The van der Waals surface area contributed by atoms with Crippen LogP contribution in [0.4, 0.5) is 4.39 Å². The standard InChI is InChI=1S/C11H12FNO/c1-8-4-5-9(12)6-10(8)11(2,3)13-7-14/h4-6H,1-3H3. The molecule has 0 aliphatic rings. The molecule has 0 aromatic heterocycles. The first-order valence-corrected chi connectivity index (χ1v) is 4.33. The molecule has 74 valence electrons. The number of carbonyl (C=O) groups excluding carboxylic acids is 1. The van der Waals surface area contributed by atoms with Crippen LogP contribution in [0.1, 0.15) is 25.0 Å². The van der Waals surface area contributed by atoms with E-state index in [1.165, 1.54) is 18.2 Å². The number of nitrogens with zero attached hydrogens (tertiary/aromatic N) is 1. The van der Waals surface area contributed by atoms with Crippen molar-refractivity contribution in [3.05, 3.63) is 35.1 Å². The first kappa shape index (κ1) is 10.6. The quantitative estimate of drug-likeness (QED) is 0.524. The van der Waals surface area contributed by atoms with Crippen molar-refractivity contribution in [1.29, 1.82) is 0 Å². The summed E-state index contributed by atoms with van der Waals surface area (Å²) in [6.45, 7) is 5.36. The average molecular weight is 193 g/mol. The number of isocyanates is 1. The number of rotatable bonds is 2. The summed E-state index contributed by atoms with van der Waals surface area (Å²) in [6, 6.07) is 4.46. The van der Waals surface area contributed by atoms with Gasteiger partial charge in [-0.15, -0.1) is 0 Å². The highest BCUT2D eigenvalue weighted by Gasteiger charge is 2.21. The highest BCUT2D eigenvalue weighted by molar-refractivity contribution is 5.39. The van der Waals surface area contributed by atoms with Crippen molar-refractivity contribution in [2.24, 2.45) is 4.99 Å². The number of hydrogen-bond donors (Lipinski definition) is 0. The van der Waals surface area contributed by atoms with E-state index in [2.05, 4.69) is 4.99 Å². The van der Waals surface area contributed by atoms with Gasteiger partial charge < -0.3 is 0 Å². The molecule has 0 amide bonds. The second-order valence-corrected chi connectivity index (χ2v) is 3.72. The fourth-order valence-electron chi connectivity index (χ4n) is 1.43. The maximum absolute atomic E-state index is 13.0. The minimum atomic E-state index is -0.714. The molecule has 0 bridgehead atoms. The highest BCUT2D eigenvalue weighted by Crippen LogP contribution is 2.27. The van der Waals surface area contributed by atoms with E-state index >= 15 is 0 Å². The van der Waals surface area contributed by atoms with Gasteiger partial charge in [-0.1, -0.05) is 6.07 Å². The maximum Gasteiger partial charge on any atom is 0.235 e. The summed E-state index contributed by atoms with van der Waals surface area (Å²) in [6.07, 6.45) is 1.51. The van der Waals surface area contributed by atoms with Crippen molar-refractivity contribution in [1.82, 2.24) is 0 Å². The van der Waals surface area contributed by atoms with Crippen LogP contribution in [0.5, 0.6) is 0 Å². The molecule has 0 radical (unpaired) electrons.